The van der Waals surface area contributed by atoms with E-state index in [-0.39, 0.29) is 18.2 Å². The van der Waals surface area contributed by atoms with E-state index < -0.39 is 11.8 Å². The van der Waals surface area contributed by atoms with Gasteiger partial charge in [-0.3, -0.25) is 4.79 Å². The lowest BCUT2D eigenvalue weighted by molar-refractivity contribution is 0.0526. The first-order valence-electron chi connectivity index (χ1n) is 7.27. The van der Waals surface area contributed by atoms with Crippen LogP contribution in [-0.2, 0) is 4.74 Å². The highest BCUT2D eigenvalue weighted by Crippen LogP contribution is 2.19. The van der Waals surface area contributed by atoms with Crippen molar-refractivity contribution in [1.29, 1.82) is 0 Å². The summed E-state index contributed by atoms with van der Waals surface area (Å²) in [6.07, 6.45) is 0.996. The number of hydrogen-bond donors (Lipinski definition) is 0. The van der Waals surface area contributed by atoms with E-state index in [2.05, 4.69) is 4.98 Å². The summed E-state index contributed by atoms with van der Waals surface area (Å²) in [4.78, 5) is 29.6. The number of ether oxygens (including phenoxy) is 1. The van der Waals surface area contributed by atoms with Gasteiger partial charge in [0.25, 0.3) is 5.91 Å². The highest BCUT2D eigenvalue weighted by atomic mass is 19.1. The Balaban J connectivity index is 2.30. The molecule has 0 saturated carbocycles. The molecule has 0 fully saturated rings. The quantitative estimate of drug-likeness (QED) is 0.796. The summed E-state index contributed by atoms with van der Waals surface area (Å²) in [5, 5.41) is 0. The fraction of sp³-hybridized carbons (Fsp3) is 0.235. The second-order valence-electron chi connectivity index (χ2n) is 4.68. The minimum absolute atomic E-state index is 0.134. The number of rotatable bonds is 5. The third kappa shape index (κ3) is 3.91. The molecule has 2 rings (SSSR count). The van der Waals surface area contributed by atoms with Crippen LogP contribution in [0.5, 0.6) is 0 Å². The van der Waals surface area contributed by atoms with Crippen LogP contribution in [0.4, 0.5) is 10.1 Å². The van der Waals surface area contributed by atoms with Crippen molar-refractivity contribution in [1.82, 2.24) is 4.98 Å². The van der Waals surface area contributed by atoms with E-state index >= 15 is 0 Å². The van der Waals surface area contributed by atoms with Gasteiger partial charge in [-0.25, -0.2) is 14.2 Å². The summed E-state index contributed by atoms with van der Waals surface area (Å²) in [6, 6.07) is 9.11. The molecule has 0 radical (unpaired) electrons. The number of benzene rings is 1. The van der Waals surface area contributed by atoms with Gasteiger partial charge in [-0.1, -0.05) is 6.07 Å². The summed E-state index contributed by atoms with van der Waals surface area (Å²) in [6.45, 7) is 4.19. The lowest BCUT2D eigenvalue weighted by atomic mass is 10.1. The number of amides is 1. The van der Waals surface area contributed by atoms with Gasteiger partial charge in [0.15, 0.2) is 0 Å². The Bertz CT molecular complexity index is 701. The molecular weight excluding hydrogens is 299 g/mol. The van der Waals surface area contributed by atoms with E-state index in [9.17, 15) is 14.0 Å². The Morgan fingerprint density at radius 3 is 2.61 bits per heavy atom. The highest BCUT2D eigenvalue weighted by Gasteiger charge is 2.18. The van der Waals surface area contributed by atoms with Gasteiger partial charge in [-0.2, -0.15) is 0 Å². The van der Waals surface area contributed by atoms with Crippen LogP contribution in [0.25, 0.3) is 0 Å². The van der Waals surface area contributed by atoms with E-state index in [0.717, 1.165) is 6.20 Å². The van der Waals surface area contributed by atoms with E-state index in [1.807, 2.05) is 0 Å². The Labute approximate surface area is 133 Å². The molecule has 0 atom stereocenters. The molecule has 0 aliphatic heterocycles. The number of hydrogen-bond acceptors (Lipinski definition) is 4. The molecule has 5 nitrogen and oxygen atoms in total. The summed E-state index contributed by atoms with van der Waals surface area (Å²) >= 11 is 0. The summed E-state index contributed by atoms with van der Waals surface area (Å²) in [5.41, 5.74) is 1.05. The SMILES string of the molecule is CCOC(=O)c1cccc(N(CC)C(=O)c2ccc(F)cn2)c1. The lowest BCUT2D eigenvalue weighted by Crippen LogP contribution is -2.31. The predicted octanol–water partition coefficient (Wildman–Crippen LogP) is 3.06. The van der Waals surface area contributed by atoms with Crippen molar-refractivity contribution in [3.05, 3.63) is 59.7 Å². The highest BCUT2D eigenvalue weighted by molar-refractivity contribution is 6.05. The first kappa shape index (κ1) is 16.6. The number of pyridine rings is 1. The summed E-state index contributed by atoms with van der Waals surface area (Å²) in [7, 11) is 0. The van der Waals surface area contributed by atoms with Crippen LogP contribution >= 0.6 is 0 Å². The molecule has 0 aliphatic rings. The predicted molar refractivity (Wildman–Crippen MR) is 83.9 cm³/mol. The van der Waals surface area contributed by atoms with Crippen LogP contribution in [-0.4, -0.2) is 30.0 Å². The van der Waals surface area contributed by atoms with Crippen LogP contribution in [0.1, 0.15) is 34.7 Å². The molecule has 120 valence electrons. The summed E-state index contributed by atoms with van der Waals surface area (Å²) < 4.78 is 17.9. The van der Waals surface area contributed by atoms with Gasteiger partial charge >= 0.3 is 5.97 Å². The number of esters is 1. The zero-order chi connectivity index (χ0) is 16.8. The molecular formula is C17H17FN2O3. The molecule has 2 aromatic rings. The zero-order valence-electron chi connectivity index (χ0n) is 13.0. The number of halogens is 1. The third-order valence-electron chi connectivity index (χ3n) is 3.18. The number of aromatic nitrogens is 1. The van der Waals surface area contributed by atoms with Crippen molar-refractivity contribution >= 4 is 17.6 Å². The number of carbonyl (C=O) groups excluding carboxylic acids is 2. The Hall–Kier alpha value is -2.76. The number of anilines is 1. The monoisotopic (exact) mass is 316 g/mol. The first-order chi connectivity index (χ1) is 11.1. The number of carbonyl (C=O) groups is 2. The van der Waals surface area contributed by atoms with Gasteiger partial charge in [0.2, 0.25) is 0 Å². The molecule has 23 heavy (non-hydrogen) atoms. The van der Waals surface area contributed by atoms with Gasteiger partial charge in [0.1, 0.15) is 11.5 Å². The van der Waals surface area contributed by atoms with Crippen molar-refractivity contribution in [2.45, 2.75) is 13.8 Å². The van der Waals surface area contributed by atoms with Crippen molar-refractivity contribution in [2.75, 3.05) is 18.1 Å². The van der Waals surface area contributed by atoms with E-state index in [4.69, 9.17) is 4.74 Å². The maximum atomic E-state index is 12.9. The standard InChI is InChI=1S/C17H17FN2O3/c1-3-20(16(21)15-9-8-13(18)11-19-15)14-7-5-6-12(10-14)17(22)23-4-2/h5-11H,3-4H2,1-2H3. The first-order valence-corrected chi connectivity index (χ1v) is 7.27. The van der Waals surface area contributed by atoms with Crippen molar-refractivity contribution in [3.8, 4) is 0 Å². The van der Waals surface area contributed by atoms with Crippen LogP contribution < -0.4 is 4.90 Å². The van der Waals surface area contributed by atoms with Crippen LogP contribution in [0.2, 0.25) is 0 Å². The molecule has 6 heteroatoms. The smallest absolute Gasteiger partial charge is 0.338 e. The van der Waals surface area contributed by atoms with Crippen LogP contribution in [0, 0.1) is 5.82 Å². The lowest BCUT2D eigenvalue weighted by Gasteiger charge is -2.21. The fourth-order valence-electron chi connectivity index (χ4n) is 2.10. The molecule has 0 bridgehead atoms. The zero-order valence-corrected chi connectivity index (χ0v) is 13.0. The molecule has 1 amide bonds. The minimum atomic E-state index is -0.506. The molecule has 1 heterocycles. The average Bonchev–Trinajstić information content (AvgIpc) is 2.56. The van der Waals surface area contributed by atoms with Crippen LogP contribution in [0.3, 0.4) is 0 Å². The van der Waals surface area contributed by atoms with Gasteiger partial charge < -0.3 is 9.64 Å². The summed E-state index contributed by atoms with van der Waals surface area (Å²) in [5.74, 6) is -1.32. The molecule has 1 aromatic carbocycles. The van der Waals surface area contributed by atoms with Crippen molar-refractivity contribution in [3.63, 3.8) is 0 Å². The Kier molecular flexibility index (Phi) is 5.41. The van der Waals surface area contributed by atoms with Crippen molar-refractivity contribution in [2.24, 2.45) is 0 Å². The topological polar surface area (TPSA) is 59.5 Å². The third-order valence-corrected chi connectivity index (χ3v) is 3.18. The van der Waals surface area contributed by atoms with E-state index in [0.29, 0.717) is 17.8 Å². The molecule has 0 aliphatic carbocycles. The van der Waals surface area contributed by atoms with Gasteiger partial charge in [-0.05, 0) is 44.2 Å². The minimum Gasteiger partial charge on any atom is -0.462 e. The second kappa shape index (κ2) is 7.49. The maximum Gasteiger partial charge on any atom is 0.338 e. The largest absolute Gasteiger partial charge is 0.462 e. The van der Waals surface area contributed by atoms with Gasteiger partial charge in [0.05, 0.1) is 18.4 Å². The fourth-order valence-corrected chi connectivity index (χ4v) is 2.10. The van der Waals surface area contributed by atoms with Gasteiger partial charge in [-0.15, -0.1) is 0 Å². The van der Waals surface area contributed by atoms with E-state index in [1.54, 1.807) is 38.1 Å². The molecule has 0 spiro atoms. The second-order valence-corrected chi connectivity index (χ2v) is 4.68. The molecule has 0 saturated heterocycles. The van der Waals surface area contributed by atoms with Crippen molar-refractivity contribution < 1.29 is 18.7 Å². The maximum absolute atomic E-state index is 12.9. The molecule has 0 unspecified atom stereocenters. The molecule has 0 N–H and O–H groups in total. The Morgan fingerprint density at radius 2 is 2.00 bits per heavy atom. The van der Waals surface area contributed by atoms with E-state index in [1.165, 1.54) is 17.0 Å². The van der Waals surface area contributed by atoms with Crippen LogP contribution in [0.15, 0.2) is 42.6 Å². The average molecular weight is 316 g/mol. The van der Waals surface area contributed by atoms with Gasteiger partial charge in [0, 0.05) is 12.2 Å². The molecule has 1 aromatic heterocycles. The normalized spacial score (nSPS) is 10.2. The Morgan fingerprint density at radius 1 is 1.22 bits per heavy atom. The number of nitrogens with zero attached hydrogens (tertiary/aromatic N) is 2.